The van der Waals surface area contributed by atoms with Crippen LogP contribution in [0.15, 0.2) is 78.9 Å². The summed E-state index contributed by atoms with van der Waals surface area (Å²) in [5.41, 5.74) is 4.06. The van der Waals surface area contributed by atoms with Gasteiger partial charge in [0.05, 0.1) is 13.5 Å². The first-order valence-corrected chi connectivity index (χ1v) is 9.03. The van der Waals surface area contributed by atoms with E-state index in [9.17, 15) is 4.79 Å². The van der Waals surface area contributed by atoms with Gasteiger partial charge in [-0.1, -0.05) is 42.5 Å². The zero-order chi connectivity index (χ0) is 18.9. The van der Waals surface area contributed by atoms with Gasteiger partial charge in [-0.25, -0.2) is 0 Å². The predicted molar refractivity (Wildman–Crippen MR) is 110 cm³/mol. The summed E-state index contributed by atoms with van der Waals surface area (Å²) in [7, 11) is 1.68. The minimum absolute atomic E-state index is 0.0139. The van der Waals surface area contributed by atoms with E-state index >= 15 is 0 Å². The summed E-state index contributed by atoms with van der Waals surface area (Å²) in [5.74, 6) is 0.864. The summed E-state index contributed by atoms with van der Waals surface area (Å²) < 4.78 is 5.25. The third kappa shape index (κ3) is 5.89. The number of carbonyl (C=O) groups excluding carboxylic acids is 1. The lowest BCUT2D eigenvalue weighted by molar-refractivity contribution is -0.115. The van der Waals surface area contributed by atoms with Crippen LogP contribution in [0, 0.1) is 0 Å². The molecular formula is C23H24N2O2. The van der Waals surface area contributed by atoms with E-state index in [2.05, 4.69) is 16.7 Å². The highest BCUT2D eigenvalue weighted by atomic mass is 16.5. The second-order valence-corrected chi connectivity index (χ2v) is 6.32. The first-order valence-electron chi connectivity index (χ1n) is 9.03. The molecule has 2 N–H and O–H groups in total. The maximum Gasteiger partial charge on any atom is 0.228 e. The zero-order valence-electron chi connectivity index (χ0n) is 15.4. The summed E-state index contributed by atoms with van der Waals surface area (Å²) in [5, 5.41) is 6.33. The molecule has 0 saturated heterocycles. The number of amides is 1. The molecule has 138 valence electrons. The number of anilines is 2. The Morgan fingerprint density at radius 1 is 0.852 bits per heavy atom. The Bertz CT molecular complexity index is 861. The SMILES string of the molecule is COc1cccc(CCNc2ccc(NC(=O)Cc3ccccc3)cc2)c1. The summed E-state index contributed by atoms with van der Waals surface area (Å²) >= 11 is 0. The van der Waals surface area contributed by atoms with Crippen LogP contribution in [0.4, 0.5) is 11.4 Å². The minimum Gasteiger partial charge on any atom is -0.497 e. The Morgan fingerprint density at radius 2 is 1.56 bits per heavy atom. The maximum absolute atomic E-state index is 12.1. The Morgan fingerprint density at radius 3 is 2.30 bits per heavy atom. The van der Waals surface area contributed by atoms with Gasteiger partial charge in [-0.05, 0) is 53.9 Å². The third-order valence-electron chi connectivity index (χ3n) is 4.25. The molecule has 0 aliphatic heterocycles. The molecule has 0 radical (unpaired) electrons. The van der Waals surface area contributed by atoms with E-state index in [-0.39, 0.29) is 5.91 Å². The number of hydrogen-bond acceptors (Lipinski definition) is 3. The number of rotatable bonds is 8. The van der Waals surface area contributed by atoms with Crippen LogP contribution in [0.25, 0.3) is 0 Å². The van der Waals surface area contributed by atoms with Crippen molar-refractivity contribution in [3.05, 3.63) is 90.0 Å². The number of methoxy groups -OCH3 is 1. The van der Waals surface area contributed by atoms with E-state index in [0.717, 1.165) is 35.7 Å². The lowest BCUT2D eigenvalue weighted by Crippen LogP contribution is -2.14. The number of benzene rings is 3. The van der Waals surface area contributed by atoms with Crippen LogP contribution in [-0.4, -0.2) is 19.6 Å². The van der Waals surface area contributed by atoms with Gasteiger partial charge in [0.25, 0.3) is 0 Å². The number of hydrogen-bond donors (Lipinski definition) is 2. The van der Waals surface area contributed by atoms with Crippen molar-refractivity contribution in [2.45, 2.75) is 12.8 Å². The lowest BCUT2D eigenvalue weighted by Gasteiger charge is -2.09. The second-order valence-electron chi connectivity index (χ2n) is 6.32. The van der Waals surface area contributed by atoms with Crippen molar-refractivity contribution in [1.82, 2.24) is 0 Å². The number of ether oxygens (including phenoxy) is 1. The van der Waals surface area contributed by atoms with Crippen LogP contribution in [0.3, 0.4) is 0 Å². The first-order chi connectivity index (χ1) is 13.2. The fourth-order valence-corrected chi connectivity index (χ4v) is 2.84. The molecule has 0 heterocycles. The molecule has 4 heteroatoms. The maximum atomic E-state index is 12.1. The Kier molecular flexibility index (Phi) is 6.47. The van der Waals surface area contributed by atoms with Gasteiger partial charge >= 0.3 is 0 Å². The van der Waals surface area contributed by atoms with Crippen molar-refractivity contribution in [2.75, 3.05) is 24.3 Å². The van der Waals surface area contributed by atoms with Gasteiger partial charge in [-0.15, -0.1) is 0 Å². The summed E-state index contributed by atoms with van der Waals surface area (Å²) in [6.07, 6.45) is 1.29. The fraction of sp³-hybridized carbons (Fsp3) is 0.174. The smallest absolute Gasteiger partial charge is 0.228 e. The Labute approximate surface area is 160 Å². The molecule has 0 atom stereocenters. The van der Waals surface area contributed by atoms with Crippen LogP contribution in [-0.2, 0) is 17.6 Å². The van der Waals surface area contributed by atoms with Crippen molar-refractivity contribution in [2.24, 2.45) is 0 Å². The molecule has 3 aromatic carbocycles. The highest BCUT2D eigenvalue weighted by Gasteiger charge is 2.04. The van der Waals surface area contributed by atoms with Crippen LogP contribution < -0.4 is 15.4 Å². The largest absolute Gasteiger partial charge is 0.497 e. The molecule has 0 unspecified atom stereocenters. The monoisotopic (exact) mass is 360 g/mol. The van der Waals surface area contributed by atoms with Gasteiger partial charge in [0.15, 0.2) is 0 Å². The molecule has 0 fully saturated rings. The lowest BCUT2D eigenvalue weighted by atomic mass is 10.1. The second kappa shape index (κ2) is 9.43. The van der Waals surface area contributed by atoms with Crippen LogP contribution >= 0.6 is 0 Å². The topological polar surface area (TPSA) is 50.4 Å². The highest BCUT2D eigenvalue weighted by molar-refractivity contribution is 5.92. The van der Waals surface area contributed by atoms with E-state index in [1.807, 2.05) is 72.8 Å². The summed E-state index contributed by atoms with van der Waals surface area (Å²) in [6, 6.07) is 25.6. The van der Waals surface area contributed by atoms with Crippen LogP contribution in [0.1, 0.15) is 11.1 Å². The van der Waals surface area contributed by atoms with Gasteiger partial charge in [-0.3, -0.25) is 4.79 Å². The number of nitrogens with one attached hydrogen (secondary N) is 2. The predicted octanol–water partition coefficient (Wildman–Crippen LogP) is 4.53. The molecule has 0 aliphatic rings. The zero-order valence-corrected chi connectivity index (χ0v) is 15.4. The Hall–Kier alpha value is -3.27. The van der Waals surface area contributed by atoms with E-state index in [1.165, 1.54) is 5.56 Å². The van der Waals surface area contributed by atoms with Crippen LogP contribution in [0.2, 0.25) is 0 Å². The molecule has 0 bridgehead atoms. The van der Waals surface area contributed by atoms with Crippen LogP contribution in [0.5, 0.6) is 5.75 Å². The molecule has 4 nitrogen and oxygen atoms in total. The van der Waals surface area contributed by atoms with E-state index in [1.54, 1.807) is 7.11 Å². The third-order valence-corrected chi connectivity index (χ3v) is 4.25. The average Bonchev–Trinajstić information content (AvgIpc) is 2.70. The van der Waals surface area contributed by atoms with E-state index in [0.29, 0.717) is 6.42 Å². The van der Waals surface area contributed by atoms with Crippen molar-refractivity contribution in [3.63, 3.8) is 0 Å². The van der Waals surface area contributed by atoms with Gasteiger partial charge in [0.2, 0.25) is 5.91 Å². The molecule has 0 aromatic heterocycles. The van der Waals surface area contributed by atoms with Crippen molar-refractivity contribution < 1.29 is 9.53 Å². The van der Waals surface area contributed by atoms with E-state index in [4.69, 9.17) is 4.74 Å². The molecule has 3 rings (SSSR count). The minimum atomic E-state index is -0.0139. The van der Waals surface area contributed by atoms with Crippen molar-refractivity contribution >= 4 is 17.3 Å². The first kappa shape index (κ1) is 18.5. The molecule has 0 aliphatic carbocycles. The van der Waals surface area contributed by atoms with Crippen molar-refractivity contribution in [3.8, 4) is 5.75 Å². The molecule has 0 spiro atoms. The standard InChI is InChI=1S/C23H24N2O2/c1-27-22-9-5-8-19(16-22)14-15-24-20-10-12-21(13-11-20)25-23(26)17-18-6-3-2-4-7-18/h2-13,16,24H,14-15,17H2,1H3,(H,25,26). The van der Waals surface area contributed by atoms with Gasteiger partial charge in [0.1, 0.15) is 5.75 Å². The summed E-state index contributed by atoms with van der Waals surface area (Å²) in [6.45, 7) is 0.826. The highest BCUT2D eigenvalue weighted by Crippen LogP contribution is 2.16. The molecule has 27 heavy (non-hydrogen) atoms. The van der Waals surface area contributed by atoms with Gasteiger partial charge in [-0.2, -0.15) is 0 Å². The molecular weight excluding hydrogens is 336 g/mol. The average molecular weight is 360 g/mol. The Balaban J connectivity index is 1.46. The van der Waals surface area contributed by atoms with Crippen molar-refractivity contribution in [1.29, 1.82) is 0 Å². The van der Waals surface area contributed by atoms with Gasteiger partial charge in [0, 0.05) is 17.9 Å². The van der Waals surface area contributed by atoms with Gasteiger partial charge < -0.3 is 15.4 Å². The fourth-order valence-electron chi connectivity index (χ4n) is 2.84. The molecule has 0 saturated carbocycles. The summed E-state index contributed by atoms with van der Waals surface area (Å²) in [4.78, 5) is 12.1. The normalized spacial score (nSPS) is 10.3. The number of carbonyl (C=O) groups is 1. The molecule has 1 amide bonds. The van der Waals surface area contributed by atoms with E-state index < -0.39 is 0 Å². The molecule has 3 aromatic rings. The quantitative estimate of drug-likeness (QED) is 0.620.